The Morgan fingerprint density at radius 1 is 1.00 bits per heavy atom. The van der Waals surface area contributed by atoms with Crippen LogP contribution in [0.25, 0.3) is 0 Å². The lowest BCUT2D eigenvalue weighted by Gasteiger charge is -2.09. The van der Waals surface area contributed by atoms with Crippen LogP contribution in [0.5, 0.6) is 5.75 Å². The number of methoxy groups -OCH3 is 2. The maximum absolute atomic E-state index is 12.7. The normalized spacial score (nSPS) is 11.7. The van der Waals surface area contributed by atoms with Crippen LogP contribution < -0.4 is 10.1 Å². The van der Waals surface area contributed by atoms with Crippen LogP contribution in [0.4, 0.5) is 5.69 Å². The van der Waals surface area contributed by atoms with E-state index in [1.54, 1.807) is 24.3 Å². The quantitative estimate of drug-likeness (QED) is 0.639. The summed E-state index contributed by atoms with van der Waals surface area (Å²) >= 11 is 0. The van der Waals surface area contributed by atoms with Crippen LogP contribution in [0.1, 0.15) is 0 Å². The molecule has 0 radical (unpaired) electrons. The van der Waals surface area contributed by atoms with Crippen LogP contribution >= 0.6 is 0 Å². The van der Waals surface area contributed by atoms with Crippen molar-refractivity contribution in [1.82, 2.24) is 0 Å². The van der Waals surface area contributed by atoms with Gasteiger partial charge >= 0.3 is 5.97 Å². The summed E-state index contributed by atoms with van der Waals surface area (Å²) in [5.74, 6) is -0.436. The number of para-hydroxylation sites is 1. The molecule has 2 aromatic rings. The molecule has 0 unspecified atom stereocenters. The number of ether oxygens (including phenoxy) is 2. The first kappa shape index (κ1) is 17.6. The Bertz CT molecular complexity index is 827. The molecule has 0 aliphatic carbocycles. The van der Waals surface area contributed by atoms with Gasteiger partial charge in [0.15, 0.2) is 4.91 Å². The Hall–Kier alpha value is -2.80. The Labute approximate surface area is 140 Å². The van der Waals surface area contributed by atoms with Gasteiger partial charge in [0.2, 0.25) is 9.84 Å². The van der Waals surface area contributed by atoms with Crippen LogP contribution in [-0.4, -0.2) is 28.6 Å². The minimum Gasteiger partial charge on any atom is -0.497 e. The molecule has 0 amide bonds. The average Bonchev–Trinajstić information content (AvgIpc) is 2.62. The topological polar surface area (TPSA) is 81.7 Å². The van der Waals surface area contributed by atoms with E-state index in [9.17, 15) is 13.2 Å². The molecule has 0 aliphatic rings. The fourth-order valence-electron chi connectivity index (χ4n) is 1.91. The third-order valence-electron chi connectivity index (χ3n) is 3.19. The highest BCUT2D eigenvalue weighted by Crippen LogP contribution is 2.23. The van der Waals surface area contributed by atoms with Crippen molar-refractivity contribution in [3.63, 3.8) is 0 Å². The maximum atomic E-state index is 12.7. The van der Waals surface area contributed by atoms with E-state index in [-0.39, 0.29) is 4.90 Å². The van der Waals surface area contributed by atoms with E-state index in [1.165, 1.54) is 31.4 Å². The van der Waals surface area contributed by atoms with E-state index in [4.69, 9.17) is 4.74 Å². The molecular formula is C17H17NO5S. The lowest BCUT2D eigenvalue weighted by atomic mass is 10.3. The molecule has 7 heteroatoms. The zero-order chi connectivity index (χ0) is 17.6. The lowest BCUT2D eigenvalue weighted by Crippen LogP contribution is -2.17. The Balaban J connectivity index is 2.40. The summed E-state index contributed by atoms with van der Waals surface area (Å²) in [6, 6.07) is 14.6. The number of benzene rings is 2. The van der Waals surface area contributed by atoms with E-state index in [1.807, 2.05) is 6.07 Å². The molecule has 0 atom stereocenters. The van der Waals surface area contributed by atoms with E-state index in [0.717, 1.165) is 13.3 Å². The van der Waals surface area contributed by atoms with Gasteiger partial charge in [-0.15, -0.1) is 0 Å². The summed E-state index contributed by atoms with van der Waals surface area (Å²) in [7, 11) is -1.43. The third-order valence-corrected chi connectivity index (χ3v) is 4.95. The van der Waals surface area contributed by atoms with E-state index >= 15 is 0 Å². The van der Waals surface area contributed by atoms with E-state index in [0.29, 0.717) is 11.4 Å². The number of nitrogens with one attached hydrogen (secondary N) is 1. The number of rotatable bonds is 6. The number of carbonyl (C=O) groups is 1. The van der Waals surface area contributed by atoms with Crippen LogP contribution in [0.3, 0.4) is 0 Å². The Morgan fingerprint density at radius 2 is 1.62 bits per heavy atom. The molecule has 0 aromatic heterocycles. The number of carbonyl (C=O) groups excluding carboxylic acids is 1. The standard InChI is InChI=1S/C17H17NO5S/c1-22-14-8-10-15(11-9-14)24(20,21)16(17(19)23-2)12-18-13-6-4-3-5-7-13/h3-12,18H,1-2H3. The average molecular weight is 347 g/mol. The second-order valence-electron chi connectivity index (χ2n) is 4.69. The van der Waals surface area contributed by atoms with Crippen LogP contribution in [0.15, 0.2) is 70.6 Å². The van der Waals surface area contributed by atoms with Gasteiger partial charge < -0.3 is 14.8 Å². The Morgan fingerprint density at radius 3 is 2.17 bits per heavy atom. The number of sulfone groups is 1. The van der Waals surface area contributed by atoms with Gasteiger partial charge in [0.05, 0.1) is 19.1 Å². The smallest absolute Gasteiger partial charge is 0.351 e. The predicted molar refractivity (Wildman–Crippen MR) is 90.3 cm³/mol. The summed E-state index contributed by atoms with van der Waals surface area (Å²) in [5, 5.41) is 2.79. The van der Waals surface area contributed by atoms with Gasteiger partial charge in [0.25, 0.3) is 0 Å². The fraction of sp³-hybridized carbons (Fsp3) is 0.118. The van der Waals surface area contributed by atoms with Gasteiger partial charge in [0, 0.05) is 11.9 Å². The largest absolute Gasteiger partial charge is 0.497 e. The van der Waals surface area contributed by atoms with Gasteiger partial charge in [-0.3, -0.25) is 0 Å². The second-order valence-corrected chi connectivity index (χ2v) is 6.61. The number of hydrogen-bond donors (Lipinski definition) is 1. The van der Waals surface area contributed by atoms with Gasteiger partial charge in [-0.2, -0.15) is 0 Å². The van der Waals surface area contributed by atoms with Crippen molar-refractivity contribution in [2.24, 2.45) is 0 Å². The first-order valence-corrected chi connectivity index (χ1v) is 8.46. The summed E-state index contributed by atoms with van der Waals surface area (Å²) < 4.78 is 35.0. The van der Waals surface area contributed by atoms with E-state index in [2.05, 4.69) is 10.1 Å². The minimum absolute atomic E-state index is 0.0326. The summed E-state index contributed by atoms with van der Waals surface area (Å²) in [5.41, 5.74) is 0.642. The number of anilines is 1. The zero-order valence-electron chi connectivity index (χ0n) is 13.2. The first-order valence-electron chi connectivity index (χ1n) is 6.98. The molecule has 0 spiro atoms. The minimum atomic E-state index is -4.04. The first-order chi connectivity index (χ1) is 11.5. The van der Waals surface area contributed by atoms with Gasteiger partial charge in [-0.05, 0) is 36.4 Å². The molecule has 0 fully saturated rings. The Kier molecular flexibility index (Phi) is 5.59. The highest BCUT2D eigenvalue weighted by molar-refractivity contribution is 7.96. The van der Waals surface area contributed by atoms with Crippen molar-refractivity contribution >= 4 is 21.5 Å². The van der Waals surface area contributed by atoms with Crippen LogP contribution in [0.2, 0.25) is 0 Å². The fourth-order valence-corrected chi connectivity index (χ4v) is 3.18. The van der Waals surface area contributed by atoms with E-state index < -0.39 is 20.7 Å². The molecular weight excluding hydrogens is 330 g/mol. The van der Waals surface area contributed by atoms with Gasteiger partial charge in [0.1, 0.15) is 5.75 Å². The van der Waals surface area contributed by atoms with Crippen molar-refractivity contribution in [3.8, 4) is 5.75 Å². The molecule has 0 saturated heterocycles. The summed E-state index contributed by atoms with van der Waals surface area (Å²) in [4.78, 5) is 11.4. The van der Waals surface area contributed by atoms with Crippen molar-refractivity contribution in [2.45, 2.75) is 4.90 Å². The molecule has 126 valence electrons. The maximum Gasteiger partial charge on any atom is 0.351 e. The molecule has 1 N–H and O–H groups in total. The SMILES string of the molecule is COC(=O)C(=CNc1ccccc1)S(=O)(=O)c1ccc(OC)cc1. The monoisotopic (exact) mass is 347 g/mol. The highest BCUT2D eigenvalue weighted by Gasteiger charge is 2.28. The lowest BCUT2D eigenvalue weighted by molar-refractivity contribution is -0.135. The molecule has 2 rings (SSSR count). The van der Waals surface area contributed by atoms with Gasteiger partial charge in [-0.1, -0.05) is 18.2 Å². The number of hydrogen-bond acceptors (Lipinski definition) is 6. The second kappa shape index (κ2) is 7.65. The third kappa shape index (κ3) is 3.94. The van der Waals surface area contributed by atoms with Crippen molar-refractivity contribution in [3.05, 3.63) is 65.7 Å². The molecule has 0 saturated carbocycles. The van der Waals surface area contributed by atoms with Crippen molar-refractivity contribution < 1.29 is 22.7 Å². The summed E-state index contributed by atoms with van der Waals surface area (Å²) in [6.45, 7) is 0. The number of esters is 1. The molecule has 6 nitrogen and oxygen atoms in total. The van der Waals surface area contributed by atoms with Gasteiger partial charge in [-0.25, -0.2) is 13.2 Å². The predicted octanol–water partition coefficient (Wildman–Crippen LogP) is 2.60. The molecule has 0 bridgehead atoms. The summed E-state index contributed by atoms with van der Waals surface area (Å²) in [6.07, 6.45) is 1.13. The molecule has 2 aromatic carbocycles. The van der Waals surface area contributed by atoms with Crippen molar-refractivity contribution in [2.75, 3.05) is 19.5 Å². The molecule has 0 heterocycles. The van der Waals surface area contributed by atoms with Crippen molar-refractivity contribution in [1.29, 1.82) is 0 Å². The zero-order valence-corrected chi connectivity index (χ0v) is 14.0. The van der Waals surface area contributed by atoms with Crippen LogP contribution in [-0.2, 0) is 19.4 Å². The van der Waals surface area contributed by atoms with Crippen LogP contribution in [0, 0.1) is 0 Å². The highest BCUT2D eigenvalue weighted by atomic mass is 32.2. The molecule has 0 aliphatic heterocycles. The molecule has 24 heavy (non-hydrogen) atoms.